The van der Waals surface area contributed by atoms with E-state index in [9.17, 15) is 18.5 Å². The van der Waals surface area contributed by atoms with E-state index < -0.39 is 15.2 Å². The van der Waals surface area contributed by atoms with Gasteiger partial charge in [0.15, 0.2) is 0 Å². The molecule has 0 aromatic heterocycles. The summed E-state index contributed by atoms with van der Waals surface area (Å²) >= 11 is 0. The largest absolute Gasteiger partial charge is 0.333 e. The summed E-state index contributed by atoms with van der Waals surface area (Å²) in [5.41, 5.74) is 0.434. The molecule has 0 bridgehead atoms. The number of nitrogens with zero attached hydrogens (tertiary/aromatic N) is 1. The average Bonchev–Trinajstić information content (AvgIpc) is 2.14. The second-order valence-electron chi connectivity index (χ2n) is 2.72. The van der Waals surface area contributed by atoms with E-state index in [1.54, 1.807) is 0 Å². The van der Waals surface area contributed by atoms with Crippen LogP contribution in [0.1, 0.15) is 5.56 Å². The van der Waals surface area contributed by atoms with Crippen molar-refractivity contribution in [2.45, 2.75) is 6.54 Å². The minimum atomic E-state index is -4.23. The molecule has 0 saturated heterocycles. The Morgan fingerprint density at radius 2 is 1.87 bits per heavy atom. The molecule has 0 unspecified atom stereocenters. The van der Waals surface area contributed by atoms with Gasteiger partial charge in [0, 0.05) is 18.7 Å². The van der Waals surface area contributed by atoms with Crippen LogP contribution >= 0.6 is 0 Å². The molecule has 0 aliphatic carbocycles. The molecule has 0 heterocycles. The van der Waals surface area contributed by atoms with Crippen LogP contribution in [-0.2, 0) is 16.8 Å². The molecule has 0 aliphatic rings. The summed E-state index contributed by atoms with van der Waals surface area (Å²) in [5, 5.41) is 10.3. The first-order chi connectivity index (χ1) is 6.88. The number of rotatable bonds is 4. The van der Waals surface area contributed by atoms with Crippen molar-refractivity contribution in [2.75, 3.05) is 0 Å². The molecule has 0 amide bonds. The maximum atomic E-state index is 10.3. The summed E-state index contributed by atoms with van der Waals surface area (Å²) in [6.07, 6.45) is 0. The molecular weight excluding hydrogens is 224 g/mol. The van der Waals surface area contributed by atoms with Gasteiger partial charge in [-0.05, 0) is 5.56 Å². The molecule has 7 nitrogen and oxygen atoms in total. The lowest BCUT2D eigenvalue weighted by atomic mass is 10.2. The lowest BCUT2D eigenvalue weighted by molar-refractivity contribution is -0.384. The Bertz CT molecular complexity index is 453. The van der Waals surface area contributed by atoms with Crippen LogP contribution in [0.15, 0.2) is 24.3 Å². The molecule has 2 N–H and O–H groups in total. The predicted molar refractivity (Wildman–Crippen MR) is 51.5 cm³/mol. The second kappa shape index (κ2) is 4.34. The van der Waals surface area contributed by atoms with Gasteiger partial charge in [-0.1, -0.05) is 12.1 Å². The minimum Gasteiger partial charge on any atom is -0.273 e. The number of non-ortho nitro benzene ring substituents is 1. The Morgan fingerprint density at radius 1 is 1.33 bits per heavy atom. The monoisotopic (exact) mass is 232 g/mol. The van der Waals surface area contributed by atoms with Crippen LogP contribution in [0.3, 0.4) is 0 Å². The van der Waals surface area contributed by atoms with Crippen molar-refractivity contribution in [3.63, 3.8) is 0 Å². The lowest BCUT2D eigenvalue weighted by Crippen LogP contribution is -2.21. The van der Waals surface area contributed by atoms with E-state index in [0.29, 0.717) is 5.56 Å². The van der Waals surface area contributed by atoms with Crippen LogP contribution < -0.4 is 4.72 Å². The highest BCUT2D eigenvalue weighted by Gasteiger charge is 2.06. The third-order valence-corrected chi connectivity index (χ3v) is 2.11. The van der Waals surface area contributed by atoms with E-state index in [1.165, 1.54) is 24.3 Å². The first-order valence-electron chi connectivity index (χ1n) is 3.84. The number of hydrogen-bond donors (Lipinski definition) is 2. The SMILES string of the molecule is O=[N+]([O-])c1ccc(CNS(=O)(=O)O)cc1. The molecule has 8 heteroatoms. The van der Waals surface area contributed by atoms with Gasteiger partial charge in [0.1, 0.15) is 0 Å². The number of benzene rings is 1. The molecule has 0 fully saturated rings. The Kier molecular flexibility index (Phi) is 3.35. The molecule has 1 aromatic rings. The number of nitrogens with one attached hydrogen (secondary N) is 1. The zero-order valence-corrected chi connectivity index (χ0v) is 8.27. The van der Waals surface area contributed by atoms with Gasteiger partial charge in [-0.3, -0.25) is 14.7 Å². The summed E-state index contributed by atoms with van der Waals surface area (Å²) in [5.74, 6) is 0. The molecular formula is C7H8N2O5S. The number of hydrogen-bond acceptors (Lipinski definition) is 4. The molecule has 0 saturated carbocycles. The molecule has 0 aliphatic heterocycles. The predicted octanol–water partition coefficient (Wildman–Crippen LogP) is 0.487. The molecule has 0 spiro atoms. The van der Waals surface area contributed by atoms with Crippen LogP contribution in [0.25, 0.3) is 0 Å². The van der Waals surface area contributed by atoms with Crippen LogP contribution in [0.5, 0.6) is 0 Å². The third kappa shape index (κ3) is 4.02. The maximum absolute atomic E-state index is 10.3. The first-order valence-corrected chi connectivity index (χ1v) is 5.28. The maximum Gasteiger partial charge on any atom is 0.333 e. The highest BCUT2D eigenvalue weighted by Crippen LogP contribution is 2.11. The van der Waals surface area contributed by atoms with Gasteiger partial charge in [-0.25, -0.2) is 0 Å². The van der Waals surface area contributed by atoms with Crippen LogP contribution in [-0.4, -0.2) is 17.9 Å². The van der Waals surface area contributed by atoms with Crippen molar-refractivity contribution in [3.8, 4) is 0 Å². The third-order valence-electron chi connectivity index (χ3n) is 1.61. The van der Waals surface area contributed by atoms with Crippen molar-refractivity contribution in [2.24, 2.45) is 0 Å². The topological polar surface area (TPSA) is 110 Å². The van der Waals surface area contributed by atoms with Crippen molar-refractivity contribution in [1.29, 1.82) is 0 Å². The fourth-order valence-corrected chi connectivity index (χ4v) is 1.26. The van der Waals surface area contributed by atoms with E-state index in [4.69, 9.17) is 4.55 Å². The summed E-state index contributed by atoms with van der Waals surface area (Å²) in [6.45, 7) is -0.114. The van der Waals surface area contributed by atoms with Gasteiger partial charge in [0.25, 0.3) is 5.69 Å². The van der Waals surface area contributed by atoms with Crippen molar-refractivity contribution in [3.05, 3.63) is 39.9 Å². The van der Waals surface area contributed by atoms with Crippen molar-refractivity contribution in [1.82, 2.24) is 4.72 Å². The van der Waals surface area contributed by atoms with Gasteiger partial charge in [-0.2, -0.15) is 13.1 Å². The van der Waals surface area contributed by atoms with Crippen molar-refractivity contribution >= 4 is 16.0 Å². The van der Waals surface area contributed by atoms with E-state index in [1.807, 2.05) is 4.72 Å². The van der Waals surface area contributed by atoms with Gasteiger partial charge >= 0.3 is 10.3 Å². The highest BCUT2D eigenvalue weighted by atomic mass is 32.2. The van der Waals surface area contributed by atoms with Gasteiger partial charge in [-0.15, -0.1) is 0 Å². The number of nitro groups is 1. The standard InChI is InChI=1S/C7H8N2O5S/c10-9(11)7-3-1-6(2-4-7)5-8-15(12,13)14/h1-4,8H,5H2,(H,12,13,14). The lowest BCUT2D eigenvalue weighted by Gasteiger charge is -2.00. The molecule has 1 aromatic carbocycles. The van der Waals surface area contributed by atoms with E-state index in [0.717, 1.165) is 0 Å². The molecule has 15 heavy (non-hydrogen) atoms. The van der Waals surface area contributed by atoms with E-state index >= 15 is 0 Å². The van der Waals surface area contributed by atoms with E-state index in [2.05, 4.69) is 0 Å². The smallest absolute Gasteiger partial charge is 0.273 e. The second-order valence-corrected chi connectivity index (χ2v) is 3.96. The Hall–Kier alpha value is -1.51. The van der Waals surface area contributed by atoms with Crippen LogP contribution in [0.4, 0.5) is 5.69 Å². The molecule has 1 rings (SSSR count). The highest BCUT2D eigenvalue weighted by molar-refractivity contribution is 7.83. The quantitative estimate of drug-likeness (QED) is 0.446. The fourth-order valence-electron chi connectivity index (χ4n) is 0.910. The Balaban J connectivity index is 2.69. The zero-order chi connectivity index (χ0) is 11.5. The number of nitro benzene ring substituents is 1. The first kappa shape index (κ1) is 11.6. The minimum absolute atomic E-state index is 0.0781. The zero-order valence-electron chi connectivity index (χ0n) is 7.45. The van der Waals surface area contributed by atoms with E-state index in [-0.39, 0.29) is 12.2 Å². The summed E-state index contributed by atoms with van der Waals surface area (Å²) in [4.78, 5) is 9.73. The van der Waals surface area contributed by atoms with Crippen molar-refractivity contribution < 1.29 is 17.9 Å². The van der Waals surface area contributed by atoms with Gasteiger partial charge in [0.05, 0.1) is 4.92 Å². The normalized spacial score (nSPS) is 11.3. The van der Waals surface area contributed by atoms with Crippen LogP contribution in [0.2, 0.25) is 0 Å². The summed E-state index contributed by atoms with van der Waals surface area (Å²) in [6, 6.07) is 5.30. The Labute approximate surface area is 85.8 Å². The Morgan fingerprint density at radius 3 is 2.27 bits per heavy atom. The van der Waals surface area contributed by atoms with Gasteiger partial charge in [0.2, 0.25) is 0 Å². The summed E-state index contributed by atoms with van der Waals surface area (Å²) in [7, 11) is -4.23. The molecule has 0 radical (unpaired) electrons. The molecule has 0 atom stereocenters. The summed E-state index contributed by atoms with van der Waals surface area (Å²) < 4.78 is 30.9. The average molecular weight is 232 g/mol. The molecule has 82 valence electrons. The van der Waals surface area contributed by atoms with Crippen LogP contribution in [0, 0.1) is 10.1 Å². The fraction of sp³-hybridized carbons (Fsp3) is 0.143. The van der Waals surface area contributed by atoms with Gasteiger partial charge < -0.3 is 0 Å².